The molecule has 0 saturated carbocycles. The minimum absolute atomic E-state index is 0.0855. The van der Waals surface area contributed by atoms with Gasteiger partial charge >= 0.3 is 0 Å². The highest BCUT2D eigenvalue weighted by molar-refractivity contribution is 5.41. The topological polar surface area (TPSA) is 58.9 Å². The maximum absolute atomic E-state index is 12.3. The van der Waals surface area contributed by atoms with Crippen LogP contribution in [0.3, 0.4) is 0 Å². The van der Waals surface area contributed by atoms with Gasteiger partial charge in [0.1, 0.15) is 50.3 Å². The Balaban J connectivity index is 2.04. The molecule has 0 aliphatic carbocycles. The van der Waals surface area contributed by atoms with Crippen LogP contribution >= 0.6 is 0 Å². The van der Waals surface area contributed by atoms with Gasteiger partial charge in [-0.15, -0.1) is 0 Å². The largest absolute Gasteiger partial charge is 0.491 e. The Labute approximate surface area is 158 Å². The van der Waals surface area contributed by atoms with E-state index in [0.717, 1.165) is 11.1 Å². The number of aliphatic hydroxyl groups is 2. The van der Waals surface area contributed by atoms with Crippen molar-refractivity contribution >= 4 is 0 Å². The summed E-state index contributed by atoms with van der Waals surface area (Å²) in [6.07, 6.45) is -2.24. The molecule has 2 aromatic rings. The minimum atomic E-state index is -1.12. The first-order chi connectivity index (χ1) is 12.9. The smallest absolute Gasteiger partial charge is 0.119 e. The first-order valence-corrected chi connectivity index (χ1v) is 8.81. The average molecular weight is 380 g/mol. The lowest BCUT2D eigenvalue weighted by atomic mass is 9.78. The Morgan fingerprint density at radius 2 is 1.07 bits per heavy atom. The summed E-state index contributed by atoms with van der Waals surface area (Å²) in [5, 5.41) is 18.4. The standard InChI is InChI=1S/C21H26F2O4/c1-21(2,15-3-7-19(8-4-15)26-13-17(24)11-22)16-5-9-20(10-6-16)27-14-18(25)12-23/h3-10,17-18,24-25H,11-14H2,1-2H3. The molecule has 0 aromatic heterocycles. The number of halogens is 2. The number of ether oxygens (including phenoxy) is 2. The van der Waals surface area contributed by atoms with E-state index in [1.807, 2.05) is 24.3 Å². The third kappa shape index (κ3) is 5.91. The van der Waals surface area contributed by atoms with Crippen molar-refractivity contribution in [2.24, 2.45) is 0 Å². The van der Waals surface area contributed by atoms with Crippen molar-refractivity contribution in [2.45, 2.75) is 31.5 Å². The zero-order valence-corrected chi connectivity index (χ0v) is 15.6. The Hall–Kier alpha value is -2.18. The predicted octanol–water partition coefficient (Wildman–Crippen LogP) is 3.43. The van der Waals surface area contributed by atoms with E-state index in [1.165, 1.54) is 0 Å². The molecule has 0 fully saturated rings. The molecule has 0 aliphatic heterocycles. The number of benzene rings is 2. The molecule has 2 rings (SSSR count). The highest BCUT2D eigenvalue weighted by Gasteiger charge is 2.23. The SMILES string of the molecule is CC(C)(c1ccc(OCC(O)CF)cc1)c1ccc(OCC(O)CF)cc1. The van der Waals surface area contributed by atoms with Crippen LogP contribution in [0.25, 0.3) is 0 Å². The minimum Gasteiger partial charge on any atom is -0.491 e. The van der Waals surface area contributed by atoms with Crippen LogP contribution in [0, 0.1) is 0 Å². The summed E-state index contributed by atoms with van der Waals surface area (Å²) in [5.41, 5.74) is 1.83. The quantitative estimate of drug-likeness (QED) is 0.663. The van der Waals surface area contributed by atoms with E-state index < -0.39 is 25.6 Å². The Bertz CT molecular complexity index is 627. The maximum atomic E-state index is 12.3. The third-order valence-corrected chi connectivity index (χ3v) is 4.39. The zero-order valence-electron chi connectivity index (χ0n) is 15.6. The van der Waals surface area contributed by atoms with Crippen LogP contribution in [0.5, 0.6) is 11.5 Å². The summed E-state index contributed by atoms with van der Waals surface area (Å²) in [5.74, 6) is 1.13. The molecule has 0 amide bonds. The van der Waals surface area contributed by atoms with E-state index >= 15 is 0 Å². The normalized spacial score (nSPS) is 13.9. The van der Waals surface area contributed by atoms with E-state index in [1.54, 1.807) is 24.3 Å². The summed E-state index contributed by atoms with van der Waals surface area (Å²) in [6.45, 7) is 2.32. The van der Waals surface area contributed by atoms with Gasteiger partial charge in [0.2, 0.25) is 0 Å². The summed E-state index contributed by atoms with van der Waals surface area (Å²) in [4.78, 5) is 0. The van der Waals surface area contributed by atoms with Crippen LogP contribution in [0.15, 0.2) is 48.5 Å². The predicted molar refractivity (Wildman–Crippen MR) is 100.0 cm³/mol. The van der Waals surface area contributed by atoms with Gasteiger partial charge in [-0.2, -0.15) is 0 Å². The number of alkyl halides is 2. The van der Waals surface area contributed by atoms with Gasteiger partial charge in [0.05, 0.1) is 0 Å². The number of rotatable bonds is 10. The highest BCUT2D eigenvalue weighted by Crippen LogP contribution is 2.33. The van der Waals surface area contributed by atoms with Gasteiger partial charge in [0, 0.05) is 5.41 Å². The number of aliphatic hydroxyl groups excluding tert-OH is 2. The van der Waals surface area contributed by atoms with E-state index in [2.05, 4.69) is 13.8 Å². The monoisotopic (exact) mass is 380 g/mol. The summed E-state index contributed by atoms with van der Waals surface area (Å²) >= 11 is 0. The molecule has 27 heavy (non-hydrogen) atoms. The molecule has 0 spiro atoms. The molecule has 0 heterocycles. The Morgan fingerprint density at radius 1 is 0.741 bits per heavy atom. The summed E-state index contributed by atoms with van der Waals surface area (Å²) in [6, 6.07) is 14.9. The average Bonchev–Trinajstić information content (AvgIpc) is 2.70. The fraction of sp³-hybridized carbons (Fsp3) is 0.429. The van der Waals surface area contributed by atoms with Gasteiger partial charge in [0.15, 0.2) is 0 Å². The van der Waals surface area contributed by atoms with Crippen LogP contribution in [0.2, 0.25) is 0 Å². The Morgan fingerprint density at radius 3 is 1.37 bits per heavy atom. The Kier molecular flexibility index (Phi) is 7.56. The van der Waals surface area contributed by atoms with Crippen molar-refractivity contribution in [1.82, 2.24) is 0 Å². The second-order valence-electron chi connectivity index (χ2n) is 6.91. The molecule has 2 aromatic carbocycles. The summed E-state index contributed by atoms with van der Waals surface area (Å²) < 4.78 is 35.2. The molecule has 4 nitrogen and oxygen atoms in total. The van der Waals surface area contributed by atoms with Gasteiger partial charge in [-0.1, -0.05) is 38.1 Å². The molecule has 148 valence electrons. The van der Waals surface area contributed by atoms with Crippen LogP contribution in [-0.2, 0) is 5.41 Å². The second-order valence-corrected chi connectivity index (χ2v) is 6.91. The van der Waals surface area contributed by atoms with Crippen molar-refractivity contribution in [2.75, 3.05) is 26.6 Å². The van der Waals surface area contributed by atoms with E-state index in [4.69, 9.17) is 9.47 Å². The van der Waals surface area contributed by atoms with Crippen molar-refractivity contribution < 1.29 is 28.5 Å². The molecule has 0 saturated heterocycles. The van der Waals surface area contributed by atoms with E-state index in [9.17, 15) is 19.0 Å². The lowest BCUT2D eigenvalue weighted by Crippen LogP contribution is -2.20. The van der Waals surface area contributed by atoms with Gasteiger partial charge in [0.25, 0.3) is 0 Å². The third-order valence-electron chi connectivity index (χ3n) is 4.39. The lowest BCUT2D eigenvalue weighted by molar-refractivity contribution is 0.0842. The van der Waals surface area contributed by atoms with Crippen molar-refractivity contribution in [3.8, 4) is 11.5 Å². The molecule has 0 bridgehead atoms. The number of hydrogen-bond acceptors (Lipinski definition) is 4. The molecule has 0 radical (unpaired) electrons. The molecular formula is C21H26F2O4. The van der Waals surface area contributed by atoms with Crippen LogP contribution in [-0.4, -0.2) is 49.0 Å². The van der Waals surface area contributed by atoms with Gasteiger partial charge in [-0.3, -0.25) is 0 Å². The lowest BCUT2D eigenvalue weighted by Gasteiger charge is -2.26. The zero-order chi connectivity index (χ0) is 19.9. The van der Waals surface area contributed by atoms with Crippen LogP contribution < -0.4 is 9.47 Å². The van der Waals surface area contributed by atoms with Gasteiger partial charge in [-0.25, -0.2) is 8.78 Å². The number of hydrogen-bond donors (Lipinski definition) is 2. The molecule has 2 atom stereocenters. The second kappa shape index (κ2) is 9.67. The molecule has 2 N–H and O–H groups in total. The maximum Gasteiger partial charge on any atom is 0.119 e. The van der Waals surface area contributed by atoms with Crippen molar-refractivity contribution in [3.63, 3.8) is 0 Å². The van der Waals surface area contributed by atoms with Crippen LogP contribution in [0.1, 0.15) is 25.0 Å². The molecule has 6 heteroatoms. The van der Waals surface area contributed by atoms with Crippen molar-refractivity contribution in [1.29, 1.82) is 0 Å². The molecule has 2 unspecified atom stereocenters. The van der Waals surface area contributed by atoms with E-state index in [0.29, 0.717) is 11.5 Å². The summed E-state index contributed by atoms with van der Waals surface area (Å²) in [7, 11) is 0. The van der Waals surface area contributed by atoms with Gasteiger partial charge in [-0.05, 0) is 35.4 Å². The van der Waals surface area contributed by atoms with E-state index in [-0.39, 0.29) is 18.6 Å². The first kappa shape index (κ1) is 21.1. The van der Waals surface area contributed by atoms with Gasteiger partial charge < -0.3 is 19.7 Å². The van der Waals surface area contributed by atoms with Crippen LogP contribution in [0.4, 0.5) is 8.78 Å². The highest BCUT2D eigenvalue weighted by atomic mass is 19.1. The molecular weight excluding hydrogens is 354 g/mol. The fourth-order valence-electron chi connectivity index (χ4n) is 2.58. The first-order valence-electron chi connectivity index (χ1n) is 8.81. The molecule has 0 aliphatic rings. The fourth-order valence-corrected chi connectivity index (χ4v) is 2.58. The van der Waals surface area contributed by atoms with Crippen molar-refractivity contribution in [3.05, 3.63) is 59.7 Å².